The Labute approximate surface area is 173 Å². The fourth-order valence-electron chi connectivity index (χ4n) is 4.09. The molecule has 2 atom stereocenters. The SMILES string of the molecule is CC(=O)NC1C(CC(C)C)N(CC(C)(C)C)CCN1c1nc2ccccc2s1. The number of benzene rings is 1. The number of hydrogen-bond donors (Lipinski definition) is 1. The normalized spacial score (nSPS) is 21.5. The van der Waals surface area contributed by atoms with Gasteiger partial charge in [0.1, 0.15) is 6.17 Å². The molecule has 1 aromatic carbocycles. The highest BCUT2D eigenvalue weighted by molar-refractivity contribution is 7.22. The van der Waals surface area contributed by atoms with E-state index in [0.717, 1.165) is 36.7 Å². The topological polar surface area (TPSA) is 48.5 Å². The van der Waals surface area contributed by atoms with Gasteiger partial charge in [-0.15, -0.1) is 0 Å². The van der Waals surface area contributed by atoms with Gasteiger partial charge in [-0.05, 0) is 29.9 Å². The molecule has 1 amide bonds. The van der Waals surface area contributed by atoms with Crippen LogP contribution in [0.4, 0.5) is 5.13 Å². The third kappa shape index (κ3) is 5.03. The number of nitrogens with zero attached hydrogens (tertiary/aromatic N) is 3. The lowest BCUT2D eigenvalue weighted by atomic mass is 9.91. The summed E-state index contributed by atoms with van der Waals surface area (Å²) in [7, 11) is 0. The van der Waals surface area contributed by atoms with Crippen molar-refractivity contribution in [1.82, 2.24) is 15.2 Å². The monoisotopic (exact) mass is 402 g/mol. The maximum Gasteiger partial charge on any atom is 0.218 e. The molecule has 1 aliphatic rings. The molecule has 6 heteroatoms. The van der Waals surface area contributed by atoms with Gasteiger partial charge in [0.05, 0.1) is 10.2 Å². The summed E-state index contributed by atoms with van der Waals surface area (Å²) in [6.07, 6.45) is 0.985. The predicted octanol–water partition coefficient (Wildman–Crippen LogP) is 4.34. The van der Waals surface area contributed by atoms with Gasteiger partial charge in [0, 0.05) is 32.6 Å². The number of nitrogens with one attached hydrogen (secondary N) is 1. The van der Waals surface area contributed by atoms with Crippen molar-refractivity contribution in [2.75, 3.05) is 24.5 Å². The van der Waals surface area contributed by atoms with Crippen LogP contribution in [0.15, 0.2) is 24.3 Å². The van der Waals surface area contributed by atoms with Crippen molar-refractivity contribution in [3.05, 3.63) is 24.3 Å². The van der Waals surface area contributed by atoms with E-state index in [0.29, 0.717) is 5.92 Å². The van der Waals surface area contributed by atoms with E-state index < -0.39 is 0 Å². The van der Waals surface area contributed by atoms with E-state index in [2.05, 4.69) is 67.9 Å². The fraction of sp³-hybridized carbons (Fsp3) is 0.636. The molecule has 1 aromatic heterocycles. The van der Waals surface area contributed by atoms with Crippen LogP contribution in [-0.2, 0) is 4.79 Å². The van der Waals surface area contributed by atoms with Gasteiger partial charge in [0.25, 0.3) is 0 Å². The zero-order valence-corrected chi connectivity index (χ0v) is 18.8. The highest BCUT2D eigenvalue weighted by atomic mass is 32.1. The second-order valence-electron chi connectivity index (χ2n) is 9.53. The average Bonchev–Trinajstić information content (AvgIpc) is 2.99. The van der Waals surface area contributed by atoms with Crippen LogP contribution in [0.3, 0.4) is 0 Å². The molecule has 0 bridgehead atoms. The van der Waals surface area contributed by atoms with Crippen molar-refractivity contribution in [1.29, 1.82) is 0 Å². The van der Waals surface area contributed by atoms with Crippen molar-refractivity contribution < 1.29 is 4.79 Å². The minimum atomic E-state index is -0.0587. The van der Waals surface area contributed by atoms with E-state index in [1.807, 2.05) is 6.07 Å². The number of fused-ring (bicyclic) bond motifs is 1. The van der Waals surface area contributed by atoms with Crippen LogP contribution >= 0.6 is 11.3 Å². The van der Waals surface area contributed by atoms with Crippen molar-refractivity contribution >= 4 is 32.6 Å². The molecule has 3 rings (SSSR count). The minimum Gasteiger partial charge on any atom is -0.335 e. The standard InChI is InChI=1S/C22H34N4OS/c1-15(2)13-18-20(23-16(3)27)26(12-11-25(18)14-22(4,5)6)21-24-17-9-7-8-10-19(17)28-21/h7-10,15,18,20H,11-14H2,1-6H3,(H,23,27). The molecule has 1 N–H and O–H groups in total. The summed E-state index contributed by atoms with van der Waals surface area (Å²) >= 11 is 1.71. The van der Waals surface area contributed by atoms with E-state index in [-0.39, 0.29) is 23.5 Å². The number of para-hydroxylation sites is 1. The third-order valence-corrected chi connectivity index (χ3v) is 6.14. The first kappa shape index (κ1) is 21.1. The van der Waals surface area contributed by atoms with E-state index in [1.54, 1.807) is 18.3 Å². The highest BCUT2D eigenvalue weighted by Crippen LogP contribution is 2.34. The number of aromatic nitrogens is 1. The van der Waals surface area contributed by atoms with Gasteiger partial charge in [-0.1, -0.05) is 58.1 Å². The number of piperazine rings is 1. The van der Waals surface area contributed by atoms with Gasteiger partial charge in [-0.3, -0.25) is 9.69 Å². The summed E-state index contributed by atoms with van der Waals surface area (Å²) in [5.74, 6) is 0.571. The van der Waals surface area contributed by atoms with Crippen LogP contribution in [0.25, 0.3) is 10.2 Å². The van der Waals surface area contributed by atoms with Crippen LogP contribution < -0.4 is 10.2 Å². The maximum absolute atomic E-state index is 12.1. The maximum atomic E-state index is 12.1. The molecule has 1 aliphatic heterocycles. The molecule has 1 saturated heterocycles. The molecule has 5 nitrogen and oxygen atoms in total. The Morgan fingerprint density at radius 2 is 2.00 bits per heavy atom. The summed E-state index contributed by atoms with van der Waals surface area (Å²) in [4.78, 5) is 21.9. The van der Waals surface area contributed by atoms with Crippen molar-refractivity contribution in [3.63, 3.8) is 0 Å². The van der Waals surface area contributed by atoms with Crippen LogP contribution in [0.5, 0.6) is 0 Å². The van der Waals surface area contributed by atoms with Crippen molar-refractivity contribution in [2.45, 2.75) is 60.2 Å². The Hall–Kier alpha value is -1.66. The predicted molar refractivity (Wildman–Crippen MR) is 119 cm³/mol. The zero-order valence-electron chi connectivity index (χ0n) is 18.0. The Kier molecular flexibility index (Phi) is 6.30. The molecule has 2 heterocycles. The van der Waals surface area contributed by atoms with Gasteiger partial charge in [0.15, 0.2) is 5.13 Å². The molecule has 154 valence electrons. The first-order chi connectivity index (χ1) is 13.1. The quantitative estimate of drug-likeness (QED) is 0.808. The molecule has 0 radical (unpaired) electrons. The molecule has 0 spiro atoms. The number of carbonyl (C=O) groups excluding carboxylic acids is 1. The number of anilines is 1. The van der Waals surface area contributed by atoms with Crippen LogP contribution in [0.1, 0.15) is 48.0 Å². The smallest absolute Gasteiger partial charge is 0.218 e. The largest absolute Gasteiger partial charge is 0.335 e. The molecule has 1 fully saturated rings. The molecule has 2 aromatic rings. The molecule has 0 aliphatic carbocycles. The summed E-state index contributed by atoms with van der Waals surface area (Å²) < 4.78 is 1.19. The van der Waals surface area contributed by atoms with E-state index in [9.17, 15) is 4.79 Å². The molecular formula is C22H34N4OS. The van der Waals surface area contributed by atoms with Gasteiger partial charge >= 0.3 is 0 Å². The van der Waals surface area contributed by atoms with E-state index >= 15 is 0 Å². The number of rotatable bonds is 5. The van der Waals surface area contributed by atoms with Gasteiger partial charge in [-0.2, -0.15) is 0 Å². The average molecular weight is 403 g/mol. The molecule has 0 saturated carbocycles. The lowest BCUT2D eigenvalue weighted by Gasteiger charge is -2.49. The van der Waals surface area contributed by atoms with Gasteiger partial charge < -0.3 is 10.2 Å². The summed E-state index contributed by atoms with van der Waals surface area (Å²) in [5, 5.41) is 4.26. The van der Waals surface area contributed by atoms with Crippen molar-refractivity contribution in [2.24, 2.45) is 11.3 Å². The Morgan fingerprint density at radius 1 is 1.29 bits per heavy atom. The highest BCUT2D eigenvalue weighted by Gasteiger charge is 2.39. The van der Waals surface area contributed by atoms with E-state index in [1.165, 1.54) is 4.70 Å². The fourth-order valence-corrected chi connectivity index (χ4v) is 5.12. The molecular weight excluding hydrogens is 368 g/mol. The van der Waals surface area contributed by atoms with Crippen molar-refractivity contribution in [3.8, 4) is 0 Å². The van der Waals surface area contributed by atoms with Gasteiger partial charge in [0.2, 0.25) is 5.91 Å². The number of carbonyl (C=O) groups is 1. The molecule has 2 unspecified atom stereocenters. The van der Waals surface area contributed by atoms with Gasteiger partial charge in [-0.25, -0.2) is 4.98 Å². The summed E-state index contributed by atoms with van der Waals surface area (Å²) in [6, 6.07) is 8.53. The Bertz CT molecular complexity index is 777. The number of amides is 1. The first-order valence-electron chi connectivity index (χ1n) is 10.3. The Balaban J connectivity index is 1.96. The molecule has 28 heavy (non-hydrogen) atoms. The number of hydrogen-bond acceptors (Lipinski definition) is 5. The Morgan fingerprint density at radius 3 is 2.61 bits per heavy atom. The van der Waals surface area contributed by atoms with Crippen LogP contribution in [0, 0.1) is 11.3 Å². The lowest BCUT2D eigenvalue weighted by Crippen LogP contribution is -2.66. The number of thiazole rings is 1. The first-order valence-corrected chi connectivity index (χ1v) is 11.1. The van der Waals surface area contributed by atoms with Crippen LogP contribution in [-0.4, -0.2) is 47.6 Å². The zero-order chi connectivity index (χ0) is 20.5. The summed E-state index contributed by atoms with van der Waals surface area (Å²) in [6.45, 7) is 15.9. The van der Waals surface area contributed by atoms with Crippen LogP contribution in [0.2, 0.25) is 0 Å². The minimum absolute atomic E-state index is 0.0162. The van der Waals surface area contributed by atoms with E-state index in [4.69, 9.17) is 4.98 Å². The summed E-state index contributed by atoms with van der Waals surface area (Å²) in [5.41, 5.74) is 1.25. The lowest BCUT2D eigenvalue weighted by molar-refractivity contribution is -0.120. The second kappa shape index (κ2) is 8.37. The second-order valence-corrected chi connectivity index (χ2v) is 10.5. The third-order valence-electron chi connectivity index (χ3n) is 5.07.